The van der Waals surface area contributed by atoms with Crippen molar-refractivity contribution in [1.29, 1.82) is 0 Å². The number of hydrogen-bond donors (Lipinski definition) is 0. The Morgan fingerprint density at radius 1 is 0.600 bits per heavy atom. The van der Waals surface area contributed by atoms with Crippen LogP contribution in [0, 0.1) is 0 Å². The molecule has 0 aliphatic carbocycles. The third-order valence-electron chi connectivity index (χ3n) is 5.40. The van der Waals surface area contributed by atoms with Crippen molar-refractivity contribution in [3.05, 3.63) is 12.2 Å². The molecule has 40 heavy (non-hydrogen) atoms. The average molecular weight is 573 g/mol. The van der Waals surface area contributed by atoms with Gasteiger partial charge in [0.1, 0.15) is 12.7 Å². The van der Waals surface area contributed by atoms with Crippen molar-refractivity contribution in [3.8, 4) is 0 Å². The summed E-state index contributed by atoms with van der Waals surface area (Å²) in [7, 11) is 1.13. The number of hydrogen-bond acceptors (Lipinski definition) is 13. The second-order valence-corrected chi connectivity index (χ2v) is 8.88. The second-order valence-electron chi connectivity index (χ2n) is 8.88. The van der Waals surface area contributed by atoms with Crippen LogP contribution in [0.5, 0.6) is 0 Å². The standard InChI is InChI=1S/C27H40O13/c1-6-10-20(30)37-24-17(16-35-19(29)15-14-18(28)34-5)36-27(40-23(33)13-9-4)26(39-22(32)12-8-3)25(24)38-21(31)11-7-2/h14-15,17,24-27H,6-13,16H2,1-5H3/b15-14+/t17-,24+,25+,26-,27+/m1/s1. The molecule has 13 heteroatoms. The lowest BCUT2D eigenvalue weighted by Gasteiger charge is -2.44. The van der Waals surface area contributed by atoms with Gasteiger partial charge in [0.15, 0.2) is 12.2 Å². The Hall–Kier alpha value is -3.48. The molecule has 1 fully saturated rings. The summed E-state index contributed by atoms with van der Waals surface area (Å²) in [5.41, 5.74) is 0. The quantitative estimate of drug-likeness (QED) is 0.150. The number of esters is 6. The highest BCUT2D eigenvalue weighted by Crippen LogP contribution is 2.31. The molecule has 0 unspecified atom stereocenters. The first-order valence-corrected chi connectivity index (χ1v) is 13.5. The van der Waals surface area contributed by atoms with Gasteiger partial charge in [0, 0.05) is 37.8 Å². The molecular formula is C27H40O13. The van der Waals surface area contributed by atoms with Gasteiger partial charge in [-0.25, -0.2) is 9.59 Å². The molecule has 0 aromatic heterocycles. The Labute approximate surface area is 233 Å². The topological polar surface area (TPSA) is 167 Å². The molecule has 0 spiro atoms. The van der Waals surface area contributed by atoms with E-state index in [4.69, 9.17) is 28.4 Å². The van der Waals surface area contributed by atoms with Gasteiger partial charge in [-0.15, -0.1) is 0 Å². The predicted molar refractivity (Wildman–Crippen MR) is 136 cm³/mol. The highest BCUT2D eigenvalue weighted by Gasteiger charge is 2.54. The Balaban J connectivity index is 3.47. The maximum Gasteiger partial charge on any atom is 0.331 e. The third-order valence-corrected chi connectivity index (χ3v) is 5.40. The van der Waals surface area contributed by atoms with E-state index in [1.54, 1.807) is 27.7 Å². The summed E-state index contributed by atoms with van der Waals surface area (Å²) in [6, 6.07) is 0. The summed E-state index contributed by atoms with van der Waals surface area (Å²) < 4.78 is 37.7. The first kappa shape index (κ1) is 34.5. The molecule has 0 amide bonds. The van der Waals surface area contributed by atoms with Crippen molar-refractivity contribution >= 4 is 35.8 Å². The van der Waals surface area contributed by atoms with E-state index < -0.39 is 73.1 Å². The molecule has 0 aromatic rings. The van der Waals surface area contributed by atoms with Crippen LogP contribution in [-0.4, -0.2) is 80.2 Å². The van der Waals surface area contributed by atoms with Crippen LogP contribution in [0.25, 0.3) is 0 Å². The van der Waals surface area contributed by atoms with Crippen LogP contribution < -0.4 is 0 Å². The van der Waals surface area contributed by atoms with Crippen molar-refractivity contribution in [2.75, 3.05) is 13.7 Å². The molecule has 0 N–H and O–H groups in total. The van der Waals surface area contributed by atoms with Gasteiger partial charge in [0.25, 0.3) is 0 Å². The second kappa shape index (κ2) is 18.7. The van der Waals surface area contributed by atoms with Gasteiger partial charge < -0.3 is 33.2 Å². The molecule has 0 saturated carbocycles. The molecule has 5 atom stereocenters. The summed E-state index contributed by atoms with van der Waals surface area (Å²) >= 11 is 0. The fourth-order valence-corrected chi connectivity index (χ4v) is 3.56. The number of carbonyl (C=O) groups is 6. The smallest absolute Gasteiger partial charge is 0.331 e. The van der Waals surface area contributed by atoms with Gasteiger partial charge in [-0.3, -0.25) is 19.2 Å². The highest BCUT2D eigenvalue weighted by atomic mass is 16.7. The number of carbonyl (C=O) groups excluding carboxylic acids is 6. The normalized spacial score (nSPS) is 22.2. The first-order valence-electron chi connectivity index (χ1n) is 13.5. The van der Waals surface area contributed by atoms with E-state index in [0.29, 0.717) is 25.7 Å². The summed E-state index contributed by atoms with van der Waals surface area (Å²) in [6.45, 7) is 6.45. The van der Waals surface area contributed by atoms with Crippen LogP contribution >= 0.6 is 0 Å². The first-order chi connectivity index (χ1) is 19.1. The monoisotopic (exact) mass is 572 g/mol. The highest BCUT2D eigenvalue weighted by molar-refractivity contribution is 5.91. The number of ether oxygens (including phenoxy) is 7. The van der Waals surface area contributed by atoms with Gasteiger partial charge in [-0.1, -0.05) is 27.7 Å². The number of methoxy groups -OCH3 is 1. The zero-order chi connectivity index (χ0) is 30.1. The molecule has 0 radical (unpaired) electrons. The van der Waals surface area contributed by atoms with E-state index in [1.807, 2.05) is 0 Å². The molecule has 1 aliphatic rings. The summed E-state index contributed by atoms with van der Waals surface area (Å²) in [5, 5.41) is 0. The van der Waals surface area contributed by atoms with Crippen molar-refractivity contribution < 1.29 is 61.9 Å². The van der Waals surface area contributed by atoms with Crippen LogP contribution in [-0.2, 0) is 61.9 Å². The van der Waals surface area contributed by atoms with Gasteiger partial charge in [-0.05, 0) is 25.7 Å². The van der Waals surface area contributed by atoms with Crippen LogP contribution in [0.1, 0.15) is 79.1 Å². The molecule has 0 aromatic carbocycles. The number of rotatable bonds is 16. The Morgan fingerprint density at radius 2 is 1.02 bits per heavy atom. The maximum atomic E-state index is 12.6. The molecular weight excluding hydrogens is 532 g/mol. The maximum absolute atomic E-state index is 12.6. The molecule has 1 rings (SSSR count). The zero-order valence-electron chi connectivity index (χ0n) is 23.7. The molecule has 1 heterocycles. The van der Waals surface area contributed by atoms with Crippen LogP contribution in [0.3, 0.4) is 0 Å². The average Bonchev–Trinajstić information content (AvgIpc) is 2.90. The largest absolute Gasteiger partial charge is 0.466 e. The lowest BCUT2D eigenvalue weighted by atomic mass is 9.97. The minimum atomic E-state index is -1.57. The Kier molecular flexibility index (Phi) is 16.2. The SMILES string of the molecule is CCCC(=O)O[C@@H]1O[C@H](COC(=O)/C=C/C(=O)OC)[C@H](OC(=O)CCC)[C@H](OC(=O)CCC)[C@H]1OC(=O)CCC. The summed E-state index contributed by atoms with van der Waals surface area (Å²) in [4.78, 5) is 73.6. The van der Waals surface area contributed by atoms with E-state index in [-0.39, 0.29) is 25.7 Å². The Morgan fingerprint density at radius 3 is 1.50 bits per heavy atom. The minimum absolute atomic E-state index is 0.000868. The minimum Gasteiger partial charge on any atom is -0.466 e. The van der Waals surface area contributed by atoms with Crippen LogP contribution in [0.15, 0.2) is 12.2 Å². The van der Waals surface area contributed by atoms with Crippen molar-refractivity contribution in [2.45, 2.75) is 110 Å². The van der Waals surface area contributed by atoms with Crippen molar-refractivity contribution in [2.24, 2.45) is 0 Å². The van der Waals surface area contributed by atoms with Gasteiger partial charge >= 0.3 is 35.8 Å². The van der Waals surface area contributed by atoms with Gasteiger partial charge in [0.05, 0.1) is 7.11 Å². The lowest BCUT2D eigenvalue weighted by molar-refractivity contribution is -0.301. The van der Waals surface area contributed by atoms with Crippen LogP contribution in [0.4, 0.5) is 0 Å². The van der Waals surface area contributed by atoms with E-state index in [9.17, 15) is 28.8 Å². The fraction of sp³-hybridized carbons (Fsp3) is 0.704. The van der Waals surface area contributed by atoms with E-state index in [1.165, 1.54) is 0 Å². The molecule has 226 valence electrons. The van der Waals surface area contributed by atoms with Gasteiger partial charge in [-0.2, -0.15) is 0 Å². The van der Waals surface area contributed by atoms with E-state index in [0.717, 1.165) is 19.3 Å². The third kappa shape index (κ3) is 12.1. The van der Waals surface area contributed by atoms with Crippen molar-refractivity contribution in [3.63, 3.8) is 0 Å². The Bertz CT molecular complexity index is 897. The fourth-order valence-electron chi connectivity index (χ4n) is 3.56. The molecule has 1 aliphatic heterocycles. The lowest BCUT2D eigenvalue weighted by Crippen LogP contribution is -2.63. The van der Waals surface area contributed by atoms with E-state index >= 15 is 0 Å². The van der Waals surface area contributed by atoms with Crippen molar-refractivity contribution in [1.82, 2.24) is 0 Å². The summed E-state index contributed by atoms with van der Waals surface area (Å²) in [5.74, 6) is -4.46. The van der Waals surface area contributed by atoms with E-state index in [2.05, 4.69) is 4.74 Å². The van der Waals surface area contributed by atoms with Gasteiger partial charge in [0.2, 0.25) is 12.4 Å². The predicted octanol–water partition coefficient (Wildman–Crippen LogP) is 2.46. The zero-order valence-corrected chi connectivity index (χ0v) is 23.7. The molecule has 0 bridgehead atoms. The summed E-state index contributed by atoms with van der Waals surface area (Å²) in [6.07, 6.45) is -3.75. The van der Waals surface area contributed by atoms with Crippen LogP contribution in [0.2, 0.25) is 0 Å². The molecule has 1 saturated heterocycles. The molecule has 13 nitrogen and oxygen atoms in total.